The predicted octanol–water partition coefficient (Wildman–Crippen LogP) is 2.53. The van der Waals surface area contributed by atoms with E-state index >= 15 is 0 Å². The van der Waals surface area contributed by atoms with Gasteiger partial charge in [0.1, 0.15) is 5.82 Å². The second kappa shape index (κ2) is 5.41. The summed E-state index contributed by atoms with van der Waals surface area (Å²) in [6, 6.07) is 5.87. The van der Waals surface area contributed by atoms with Gasteiger partial charge in [0.25, 0.3) is 5.91 Å². The molecule has 112 valence electrons. The zero-order valence-corrected chi connectivity index (χ0v) is 12.6. The first-order valence-electron chi connectivity index (χ1n) is 6.72. The van der Waals surface area contributed by atoms with Crippen LogP contribution in [0.3, 0.4) is 0 Å². The number of amides is 1. The summed E-state index contributed by atoms with van der Waals surface area (Å²) >= 11 is 0. The molecule has 5 heteroatoms. The highest BCUT2D eigenvalue weighted by atomic mass is 19.1. The van der Waals surface area contributed by atoms with E-state index in [1.807, 2.05) is 0 Å². The zero-order chi connectivity index (χ0) is 15.8. The Balaban J connectivity index is 2.48. The zero-order valence-electron chi connectivity index (χ0n) is 12.6. The highest BCUT2D eigenvalue weighted by Crippen LogP contribution is 2.21. The highest BCUT2D eigenvalue weighted by molar-refractivity contribution is 6.06. The largest absolute Gasteiger partial charge is 0.389 e. The topological polar surface area (TPSA) is 53.4 Å². The molecule has 4 nitrogen and oxygen atoms in total. The van der Waals surface area contributed by atoms with Crippen LogP contribution >= 0.6 is 0 Å². The van der Waals surface area contributed by atoms with Crippen LogP contribution in [0.2, 0.25) is 0 Å². The molecule has 0 aliphatic rings. The average Bonchev–Trinajstić information content (AvgIpc) is 2.34. The van der Waals surface area contributed by atoms with Crippen molar-refractivity contribution in [3.05, 3.63) is 41.3 Å². The lowest BCUT2D eigenvalue weighted by atomic mass is 10.0. The second-order valence-electron chi connectivity index (χ2n) is 5.95. The quantitative estimate of drug-likeness (QED) is 0.945. The molecule has 0 saturated heterocycles. The summed E-state index contributed by atoms with van der Waals surface area (Å²) in [4.78, 5) is 18.3. The molecule has 0 atom stereocenters. The molecular weight excluding hydrogens is 271 g/mol. The fourth-order valence-electron chi connectivity index (χ4n) is 2.37. The van der Waals surface area contributed by atoms with E-state index in [9.17, 15) is 14.3 Å². The van der Waals surface area contributed by atoms with E-state index in [0.717, 1.165) is 0 Å². The summed E-state index contributed by atoms with van der Waals surface area (Å²) in [5.74, 6) is -0.608. The third kappa shape index (κ3) is 3.55. The third-order valence-corrected chi connectivity index (χ3v) is 3.10. The van der Waals surface area contributed by atoms with Crippen LogP contribution in [0.4, 0.5) is 4.39 Å². The Bertz CT molecular complexity index is 687. The van der Waals surface area contributed by atoms with Gasteiger partial charge in [0, 0.05) is 30.7 Å². The van der Waals surface area contributed by atoms with Crippen LogP contribution in [0.1, 0.15) is 29.9 Å². The molecule has 0 spiro atoms. The van der Waals surface area contributed by atoms with E-state index in [2.05, 4.69) is 4.98 Å². The molecule has 1 N–H and O–H groups in total. The monoisotopic (exact) mass is 290 g/mol. The summed E-state index contributed by atoms with van der Waals surface area (Å²) in [6.45, 7) is 5.25. The van der Waals surface area contributed by atoms with Crippen LogP contribution < -0.4 is 0 Å². The Kier molecular flexibility index (Phi) is 3.96. The number of aryl methyl sites for hydroxylation is 1. The lowest BCUT2D eigenvalue weighted by Gasteiger charge is -2.26. The number of nitrogens with zero attached hydrogens (tertiary/aromatic N) is 2. The third-order valence-electron chi connectivity index (χ3n) is 3.10. The standard InChI is InChI=1S/C16H19FN2O2/c1-10-7-13(15(20)19(4)9-16(2,3)21)12-6-5-11(17)8-14(12)18-10/h5-8,21H,9H2,1-4H3. The van der Waals surface area contributed by atoms with Crippen LogP contribution in [0.15, 0.2) is 24.3 Å². The first-order chi connectivity index (χ1) is 9.67. The smallest absolute Gasteiger partial charge is 0.254 e. The van der Waals surface area contributed by atoms with Crippen LogP contribution in [0.25, 0.3) is 10.9 Å². The number of hydrogen-bond acceptors (Lipinski definition) is 3. The minimum absolute atomic E-state index is 0.204. The fourth-order valence-corrected chi connectivity index (χ4v) is 2.37. The Morgan fingerprint density at radius 1 is 1.38 bits per heavy atom. The number of benzene rings is 1. The molecule has 1 amide bonds. The maximum absolute atomic E-state index is 13.3. The van der Waals surface area contributed by atoms with Crippen LogP contribution in [0.5, 0.6) is 0 Å². The molecule has 1 aromatic heterocycles. The molecule has 2 rings (SSSR count). The van der Waals surface area contributed by atoms with E-state index in [4.69, 9.17) is 0 Å². The molecule has 0 bridgehead atoms. The molecule has 21 heavy (non-hydrogen) atoms. The van der Waals surface area contributed by atoms with Gasteiger partial charge >= 0.3 is 0 Å². The number of carbonyl (C=O) groups excluding carboxylic acids is 1. The number of hydrogen-bond donors (Lipinski definition) is 1. The van der Waals surface area contributed by atoms with Gasteiger partial charge in [-0.25, -0.2) is 4.39 Å². The molecule has 1 aromatic carbocycles. The lowest BCUT2D eigenvalue weighted by molar-refractivity contribution is 0.0369. The minimum Gasteiger partial charge on any atom is -0.389 e. The van der Waals surface area contributed by atoms with E-state index in [-0.39, 0.29) is 18.3 Å². The maximum atomic E-state index is 13.3. The first kappa shape index (κ1) is 15.4. The SMILES string of the molecule is Cc1cc(C(=O)N(C)CC(C)(C)O)c2ccc(F)cc2n1. The molecule has 2 aromatic rings. The number of aromatic nitrogens is 1. The number of rotatable bonds is 3. The predicted molar refractivity (Wildman–Crippen MR) is 79.7 cm³/mol. The van der Waals surface area contributed by atoms with Crippen molar-refractivity contribution in [2.24, 2.45) is 0 Å². The van der Waals surface area contributed by atoms with Crippen molar-refractivity contribution in [3.63, 3.8) is 0 Å². The van der Waals surface area contributed by atoms with E-state index in [1.54, 1.807) is 40.0 Å². The van der Waals surface area contributed by atoms with Gasteiger partial charge in [-0.2, -0.15) is 0 Å². The van der Waals surface area contributed by atoms with Crippen LogP contribution in [-0.4, -0.2) is 40.1 Å². The van der Waals surface area contributed by atoms with Crippen molar-refractivity contribution in [1.82, 2.24) is 9.88 Å². The van der Waals surface area contributed by atoms with Crippen LogP contribution in [-0.2, 0) is 0 Å². The fraction of sp³-hybridized carbons (Fsp3) is 0.375. The van der Waals surface area contributed by atoms with Gasteiger partial charge < -0.3 is 10.0 Å². The summed E-state index contributed by atoms with van der Waals surface area (Å²) in [5, 5.41) is 10.4. The number of fused-ring (bicyclic) bond motifs is 1. The summed E-state index contributed by atoms with van der Waals surface area (Å²) in [7, 11) is 1.63. The number of carbonyl (C=O) groups is 1. The molecule has 0 unspecified atom stereocenters. The first-order valence-corrected chi connectivity index (χ1v) is 6.72. The van der Waals surface area contributed by atoms with Gasteiger partial charge in [0.15, 0.2) is 0 Å². The Labute approximate surface area is 123 Å². The molecule has 0 radical (unpaired) electrons. The van der Waals surface area contributed by atoms with E-state index in [0.29, 0.717) is 22.2 Å². The van der Waals surface area contributed by atoms with Crippen molar-refractivity contribution in [2.75, 3.05) is 13.6 Å². The number of halogens is 1. The Morgan fingerprint density at radius 2 is 2.05 bits per heavy atom. The molecular formula is C16H19FN2O2. The van der Waals surface area contributed by atoms with Crippen LogP contribution in [0, 0.1) is 12.7 Å². The molecule has 0 saturated carbocycles. The van der Waals surface area contributed by atoms with Gasteiger partial charge in [0.2, 0.25) is 0 Å². The maximum Gasteiger partial charge on any atom is 0.254 e. The minimum atomic E-state index is -0.978. The summed E-state index contributed by atoms with van der Waals surface area (Å²) in [6.07, 6.45) is 0. The number of likely N-dealkylation sites (N-methyl/N-ethyl adjacent to an activating group) is 1. The van der Waals surface area contributed by atoms with E-state index in [1.165, 1.54) is 17.0 Å². The van der Waals surface area contributed by atoms with Crippen molar-refractivity contribution in [1.29, 1.82) is 0 Å². The number of pyridine rings is 1. The normalized spacial score (nSPS) is 11.7. The van der Waals surface area contributed by atoms with Crippen molar-refractivity contribution in [2.45, 2.75) is 26.4 Å². The van der Waals surface area contributed by atoms with Gasteiger partial charge in [-0.15, -0.1) is 0 Å². The Morgan fingerprint density at radius 3 is 2.67 bits per heavy atom. The second-order valence-corrected chi connectivity index (χ2v) is 5.95. The molecule has 0 aliphatic carbocycles. The lowest BCUT2D eigenvalue weighted by Crippen LogP contribution is -2.39. The van der Waals surface area contributed by atoms with Crippen molar-refractivity contribution in [3.8, 4) is 0 Å². The van der Waals surface area contributed by atoms with Gasteiger partial charge in [0.05, 0.1) is 16.7 Å². The summed E-state index contributed by atoms with van der Waals surface area (Å²) < 4.78 is 13.3. The number of aliphatic hydroxyl groups is 1. The van der Waals surface area contributed by atoms with Gasteiger partial charge in [-0.05, 0) is 39.0 Å². The van der Waals surface area contributed by atoms with Gasteiger partial charge in [-0.1, -0.05) is 0 Å². The Hall–Kier alpha value is -2.01. The average molecular weight is 290 g/mol. The van der Waals surface area contributed by atoms with E-state index < -0.39 is 5.60 Å². The molecule has 0 aliphatic heterocycles. The molecule has 0 fully saturated rings. The highest BCUT2D eigenvalue weighted by Gasteiger charge is 2.22. The van der Waals surface area contributed by atoms with Crippen molar-refractivity contribution >= 4 is 16.8 Å². The van der Waals surface area contributed by atoms with Crippen molar-refractivity contribution < 1.29 is 14.3 Å². The summed E-state index contributed by atoms with van der Waals surface area (Å²) in [5.41, 5.74) is 0.585. The van der Waals surface area contributed by atoms with Gasteiger partial charge in [-0.3, -0.25) is 9.78 Å². The molecule has 1 heterocycles.